The van der Waals surface area contributed by atoms with Crippen LogP contribution in [0.2, 0.25) is 0 Å². The molecule has 37 heavy (non-hydrogen) atoms. The maximum atomic E-state index is 13.0. The number of β-amino-alcohol motifs (C(OH)–C–C–N with tert-alkyl or cyclic N) is 1. The molecular formula is C27H33N5O5. The molecule has 0 unspecified atom stereocenters. The van der Waals surface area contributed by atoms with Gasteiger partial charge in [-0.1, -0.05) is 12.1 Å². The highest BCUT2D eigenvalue weighted by Crippen LogP contribution is 2.35. The van der Waals surface area contributed by atoms with Crippen LogP contribution >= 0.6 is 0 Å². The summed E-state index contributed by atoms with van der Waals surface area (Å²) in [5.41, 5.74) is 3.31. The van der Waals surface area contributed by atoms with Crippen LogP contribution in [-0.2, 0) is 9.59 Å². The van der Waals surface area contributed by atoms with Gasteiger partial charge in [-0.25, -0.2) is 4.79 Å². The fraction of sp³-hybridized carbons (Fsp3) is 0.444. The number of nitrogens with zero attached hydrogens (tertiary/aromatic N) is 1. The number of ether oxygens (including phenoxy) is 1. The van der Waals surface area contributed by atoms with Crippen LogP contribution in [0, 0.1) is 12.8 Å². The van der Waals surface area contributed by atoms with Crippen LogP contribution in [0.1, 0.15) is 43.7 Å². The van der Waals surface area contributed by atoms with Gasteiger partial charge in [-0.3, -0.25) is 14.2 Å². The Morgan fingerprint density at radius 2 is 1.86 bits per heavy atom. The molecule has 3 aromatic rings. The summed E-state index contributed by atoms with van der Waals surface area (Å²) in [4.78, 5) is 41.5. The van der Waals surface area contributed by atoms with E-state index in [0.29, 0.717) is 55.5 Å². The number of aryl methyl sites for hydroxylation is 1. The molecule has 10 heteroatoms. The summed E-state index contributed by atoms with van der Waals surface area (Å²) in [6, 6.07) is 10.5. The maximum Gasteiger partial charge on any atom is 0.326 e. The second kappa shape index (κ2) is 10.4. The first-order valence-electron chi connectivity index (χ1n) is 12.7. The molecule has 0 spiro atoms. The number of fused-ring (bicyclic) bond motifs is 1. The van der Waals surface area contributed by atoms with Gasteiger partial charge in [-0.15, -0.1) is 0 Å². The van der Waals surface area contributed by atoms with Crippen LogP contribution < -0.4 is 26.4 Å². The number of para-hydroxylation sites is 1. The molecule has 1 saturated carbocycles. The fourth-order valence-electron chi connectivity index (χ4n) is 5.49. The molecule has 0 radical (unpaired) electrons. The lowest BCUT2D eigenvalue weighted by Gasteiger charge is -2.28. The van der Waals surface area contributed by atoms with Gasteiger partial charge in [0.05, 0.1) is 36.0 Å². The third-order valence-corrected chi connectivity index (χ3v) is 7.54. The van der Waals surface area contributed by atoms with Crippen LogP contribution in [0.3, 0.4) is 0 Å². The number of hydrogen-bond acceptors (Lipinski definition) is 6. The molecule has 5 rings (SSSR count). The maximum absolute atomic E-state index is 13.0. The number of aliphatic hydroxyl groups is 1. The Labute approximate surface area is 214 Å². The number of rotatable bonds is 6. The number of amides is 2. The molecule has 5 N–H and O–H groups in total. The monoisotopic (exact) mass is 507 g/mol. The van der Waals surface area contributed by atoms with Crippen molar-refractivity contribution in [3.05, 3.63) is 52.4 Å². The highest BCUT2D eigenvalue weighted by Gasteiger charge is 2.31. The van der Waals surface area contributed by atoms with Crippen LogP contribution in [0.4, 0.5) is 11.4 Å². The summed E-state index contributed by atoms with van der Waals surface area (Å²) < 4.78 is 7.10. The standard InChI is InChI=1S/C27H33N5O5/c1-15-6-9-17(12-23(15)37-2)29-25(34)16-7-10-18(11-8-16)32-22-5-3-4-20(24(22)31-27(32)36)30-26(35)21-13-19(33)14-28-21/h3-6,9,12,16,18-19,21,28,33H,7-8,10-11,13-14H2,1-2H3,(H,29,34)(H,30,35)(H,31,36)/t16?,18?,19-,21-/m1/s1. The van der Waals surface area contributed by atoms with Crippen LogP contribution in [0.15, 0.2) is 41.2 Å². The molecule has 2 aromatic carbocycles. The van der Waals surface area contributed by atoms with Gasteiger partial charge in [-0.2, -0.15) is 0 Å². The van der Waals surface area contributed by atoms with Crippen molar-refractivity contribution in [1.29, 1.82) is 0 Å². The molecule has 1 saturated heterocycles. The van der Waals surface area contributed by atoms with E-state index in [9.17, 15) is 19.5 Å². The number of H-pyrrole nitrogens is 1. The summed E-state index contributed by atoms with van der Waals surface area (Å²) in [6.45, 7) is 2.34. The van der Waals surface area contributed by atoms with Crippen molar-refractivity contribution in [2.24, 2.45) is 5.92 Å². The third kappa shape index (κ3) is 5.12. The first kappa shape index (κ1) is 25.0. The zero-order valence-electron chi connectivity index (χ0n) is 21.0. The van der Waals surface area contributed by atoms with Gasteiger partial charge < -0.3 is 30.8 Å². The normalized spacial score (nSPS) is 23.6. The van der Waals surface area contributed by atoms with E-state index in [0.717, 1.165) is 16.8 Å². The van der Waals surface area contributed by atoms with Gasteiger partial charge in [0.1, 0.15) is 5.75 Å². The smallest absolute Gasteiger partial charge is 0.326 e. The Hall–Kier alpha value is -3.63. The van der Waals surface area contributed by atoms with Crippen LogP contribution in [0.25, 0.3) is 11.0 Å². The molecule has 196 valence electrons. The first-order chi connectivity index (χ1) is 17.8. The Morgan fingerprint density at radius 3 is 2.57 bits per heavy atom. The van der Waals surface area contributed by atoms with Crippen molar-refractivity contribution in [1.82, 2.24) is 14.9 Å². The zero-order chi connectivity index (χ0) is 26.1. The summed E-state index contributed by atoms with van der Waals surface area (Å²) in [7, 11) is 1.61. The quantitative estimate of drug-likeness (QED) is 0.348. The number of carbonyl (C=O) groups is 2. The number of imidazole rings is 1. The van der Waals surface area contributed by atoms with E-state index in [2.05, 4.69) is 20.9 Å². The molecule has 2 heterocycles. The van der Waals surface area contributed by atoms with Gasteiger partial charge in [0.25, 0.3) is 0 Å². The van der Waals surface area contributed by atoms with Gasteiger partial charge in [-0.05, 0) is 62.8 Å². The number of hydrogen-bond donors (Lipinski definition) is 5. The number of methoxy groups -OCH3 is 1. The Morgan fingerprint density at radius 1 is 1.08 bits per heavy atom. The fourth-order valence-corrected chi connectivity index (χ4v) is 5.49. The van der Waals surface area contributed by atoms with Crippen molar-refractivity contribution in [2.45, 2.75) is 57.2 Å². The molecular weight excluding hydrogens is 474 g/mol. The third-order valence-electron chi connectivity index (χ3n) is 7.54. The van der Waals surface area contributed by atoms with E-state index in [1.54, 1.807) is 17.7 Å². The summed E-state index contributed by atoms with van der Waals surface area (Å²) in [6.07, 6.45) is 2.55. The molecule has 2 atom stereocenters. The highest BCUT2D eigenvalue weighted by molar-refractivity contribution is 6.02. The Bertz CT molecular complexity index is 1370. The van der Waals surface area contributed by atoms with Gasteiger partial charge in [0.15, 0.2) is 0 Å². The van der Waals surface area contributed by atoms with Crippen molar-refractivity contribution in [3.63, 3.8) is 0 Å². The molecule has 1 aliphatic carbocycles. The summed E-state index contributed by atoms with van der Waals surface area (Å²) >= 11 is 0. The minimum atomic E-state index is -0.538. The minimum absolute atomic E-state index is 0.0220. The van der Waals surface area contributed by atoms with Crippen molar-refractivity contribution in [3.8, 4) is 5.75 Å². The number of benzene rings is 2. The SMILES string of the molecule is COc1cc(NC(=O)C2CCC(n3c(=O)[nH]c4c(NC(=O)[C@H]5C[C@@H](O)CN5)cccc43)CC2)ccc1C. The van der Waals surface area contributed by atoms with E-state index < -0.39 is 12.1 Å². The van der Waals surface area contributed by atoms with Gasteiger partial charge in [0.2, 0.25) is 11.8 Å². The minimum Gasteiger partial charge on any atom is -0.496 e. The molecule has 2 aliphatic rings. The number of aliphatic hydroxyl groups excluding tert-OH is 1. The molecule has 1 aliphatic heterocycles. The largest absolute Gasteiger partial charge is 0.496 e. The predicted octanol–water partition coefficient (Wildman–Crippen LogP) is 2.68. The van der Waals surface area contributed by atoms with Crippen LogP contribution in [-0.4, -0.2) is 52.3 Å². The van der Waals surface area contributed by atoms with E-state index in [1.807, 2.05) is 37.3 Å². The number of aromatic amines is 1. The molecule has 10 nitrogen and oxygen atoms in total. The zero-order valence-corrected chi connectivity index (χ0v) is 21.0. The Kier molecular flexibility index (Phi) is 7.03. The topological polar surface area (TPSA) is 137 Å². The van der Waals surface area contributed by atoms with E-state index >= 15 is 0 Å². The second-order valence-corrected chi connectivity index (χ2v) is 10.0. The molecule has 0 bridgehead atoms. The number of anilines is 2. The van der Waals surface area contributed by atoms with E-state index in [4.69, 9.17) is 4.74 Å². The lowest BCUT2D eigenvalue weighted by Crippen LogP contribution is -2.35. The van der Waals surface area contributed by atoms with Gasteiger partial charge in [0, 0.05) is 30.3 Å². The number of aromatic nitrogens is 2. The van der Waals surface area contributed by atoms with Crippen molar-refractivity contribution in [2.75, 3.05) is 24.3 Å². The predicted molar refractivity (Wildman–Crippen MR) is 141 cm³/mol. The van der Waals surface area contributed by atoms with Gasteiger partial charge >= 0.3 is 5.69 Å². The number of nitrogens with one attached hydrogen (secondary N) is 4. The lowest BCUT2D eigenvalue weighted by atomic mass is 9.85. The molecule has 2 fully saturated rings. The number of carbonyl (C=O) groups excluding carboxylic acids is 2. The second-order valence-electron chi connectivity index (χ2n) is 10.0. The van der Waals surface area contributed by atoms with Crippen molar-refractivity contribution >= 4 is 34.2 Å². The average Bonchev–Trinajstić information content (AvgIpc) is 3.48. The van der Waals surface area contributed by atoms with E-state index in [1.165, 1.54) is 0 Å². The Balaban J connectivity index is 1.26. The lowest BCUT2D eigenvalue weighted by molar-refractivity contribution is -0.121. The van der Waals surface area contributed by atoms with Crippen LogP contribution in [0.5, 0.6) is 5.75 Å². The molecule has 2 amide bonds. The highest BCUT2D eigenvalue weighted by atomic mass is 16.5. The average molecular weight is 508 g/mol. The van der Waals surface area contributed by atoms with E-state index in [-0.39, 0.29) is 29.5 Å². The molecule has 1 aromatic heterocycles. The van der Waals surface area contributed by atoms with Crippen molar-refractivity contribution < 1.29 is 19.4 Å². The first-order valence-corrected chi connectivity index (χ1v) is 12.7. The summed E-state index contributed by atoms with van der Waals surface area (Å²) in [5.74, 6) is 0.336. The summed E-state index contributed by atoms with van der Waals surface area (Å²) in [5, 5.41) is 18.6.